The molecule has 0 aliphatic heterocycles. The molecule has 0 spiro atoms. The lowest BCUT2D eigenvalue weighted by molar-refractivity contribution is -0.115. The Hall–Kier alpha value is -3.38. The standard InChI is InChI=1S/C22H18N2O3S/c1-15-11-12-20(26-15)22-23-16(14-28-22)13-21(25)24-18-9-5-6-10-19(18)27-17-7-3-2-4-8-17/h2-12,14H,13H2,1H3,(H,24,25). The van der Waals surface area contributed by atoms with Crippen LogP contribution in [0.5, 0.6) is 11.5 Å². The number of aromatic nitrogens is 1. The largest absolute Gasteiger partial charge is 0.459 e. The maximum atomic E-state index is 12.5. The molecule has 0 fully saturated rings. The Labute approximate surface area is 166 Å². The van der Waals surface area contributed by atoms with E-state index in [4.69, 9.17) is 9.15 Å². The van der Waals surface area contributed by atoms with Gasteiger partial charge in [-0.3, -0.25) is 4.79 Å². The first-order valence-electron chi connectivity index (χ1n) is 8.80. The Morgan fingerprint density at radius 3 is 2.64 bits per heavy atom. The molecule has 28 heavy (non-hydrogen) atoms. The summed E-state index contributed by atoms with van der Waals surface area (Å²) in [5.74, 6) is 2.70. The number of carbonyl (C=O) groups excluding carboxylic acids is 1. The number of rotatable bonds is 6. The number of anilines is 1. The number of carbonyl (C=O) groups is 1. The third kappa shape index (κ3) is 4.29. The third-order valence-corrected chi connectivity index (χ3v) is 4.88. The molecule has 1 N–H and O–H groups in total. The van der Waals surface area contributed by atoms with Gasteiger partial charge in [0.25, 0.3) is 0 Å². The van der Waals surface area contributed by atoms with Crippen LogP contribution >= 0.6 is 11.3 Å². The topological polar surface area (TPSA) is 64.4 Å². The Kier molecular flexibility index (Phi) is 5.21. The molecule has 5 nitrogen and oxygen atoms in total. The fraction of sp³-hybridized carbons (Fsp3) is 0.0909. The van der Waals surface area contributed by atoms with Crippen LogP contribution in [-0.2, 0) is 11.2 Å². The zero-order valence-corrected chi connectivity index (χ0v) is 16.0. The highest BCUT2D eigenvalue weighted by atomic mass is 32.1. The van der Waals surface area contributed by atoms with Crippen molar-refractivity contribution in [2.45, 2.75) is 13.3 Å². The number of ether oxygens (including phenoxy) is 1. The lowest BCUT2D eigenvalue weighted by Crippen LogP contribution is -2.15. The molecule has 140 valence electrons. The van der Waals surface area contributed by atoms with Crippen LogP contribution in [-0.4, -0.2) is 10.9 Å². The van der Waals surface area contributed by atoms with Crippen LogP contribution in [0.15, 0.2) is 76.5 Å². The van der Waals surface area contributed by atoms with Gasteiger partial charge in [-0.1, -0.05) is 30.3 Å². The highest BCUT2D eigenvalue weighted by Crippen LogP contribution is 2.30. The number of thiazole rings is 1. The smallest absolute Gasteiger partial charge is 0.230 e. The van der Waals surface area contributed by atoms with Crippen molar-refractivity contribution in [3.05, 3.63) is 83.6 Å². The molecule has 4 aromatic rings. The van der Waals surface area contributed by atoms with E-state index in [1.807, 2.05) is 79.0 Å². The summed E-state index contributed by atoms with van der Waals surface area (Å²) in [6, 6.07) is 20.6. The van der Waals surface area contributed by atoms with Crippen molar-refractivity contribution < 1.29 is 13.9 Å². The molecule has 0 atom stereocenters. The predicted molar refractivity (Wildman–Crippen MR) is 110 cm³/mol. The van der Waals surface area contributed by atoms with Gasteiger partial charge in [0.05, 0.1) is 17.8 Å². The average molecular weight is 390 g/mol. The maximum absolute atomic E-state index is 12.5. The fourth-order valence-electron chi connectivity index (χ4n) is 2.68. The highest BCUT2D eigenvalue weighted by molar-refractivity contribution is 7.13. The first-order valence-corrected chi connectivity index (χ1v) is 9.68. The van der Waals surface area contributed by atoms with Gasteiger partial charge in [-0.25, -0.2) is 4.98 Å². The van der Waals surface area contributed by atoms with E-state index in [0.29, 0.717) is 22.9 Å². The quantitative estimate of drug-likeness (QED) is 0.460. The minimum atomic E-state index is -0.156. The van der Waals surface area contributed by atoms with E-state index in [-0.39, 0.29) is 12.3 Å². The number of hydrogen-bond donors (Lipinski definition) is 1. The summed E-state index contributed by atoms with van der Waals surface area (Å²) in [4.78, 5) is 17.0. The summed E-state index contributed by atoms with van der Waals surface area (Å²) in [6.45, 7) is 1.89. The van der Waals surface area contributed by atoms with Crippen molar-refractivity contribution in [1.29, 1.82) is 0 Å². The number of hydrogen-bond acceptors (Lipinski definition) is 5. The van der Waals surface area contributed by atoms with Crippen molar-refractivity contribution in [2.75, 3.05) is 5.32 Å². The van der Waals surface area contributed by atoms with Gasteiger partial charge in [0.2, 0.25) is 5.91 Å². The first-order chi connectivity index (χ1) is 13.7. The Balaban J connectivity index is 1.44. The van der Waals surface area contributed by atoms with Crippen LogP contribution in [0.25, 0.3) is 10.8 Å². The summed E-state index contributed by atoms with van der Waals surface area (Å²) < 4.78 is 11.5. The van der Waals surface area contributed by atoms with Crippen molar-refractivity contribution in [3.63, 3.8) is 0 Å². The molecule has 6 heteroatoms. The summed E-state index contributed by atoms with van der Waals surface area (Å²) in [6.07, 6.45) is 0.176. The minimum Gasteiger partial charge on any atom is -0.459 e. The maximum Gasteiger partial charge on any atom is 0.230 e. The van der Waals surface area contributed by atoms with Crippen LogP contribution in [0.1, 0.15) is 11.5 Å². The normalized spacial score (nSPS) is 10.6. The number of benzene rings is 2. The molecule has 0 unspecified atom stereocenters. The Bertz CT molecular complexity index is 1090. The molecular weight excluding hydrogens is 372 g/mol. The minimum absolute atomic E-state index is 0.156. The Morgan fingerprint density at radius 1 is 1.07 bits per heavy atom. The lowest BCUT2D eigenvalue weighted by atomic mass is 10.2. The summed E-state index contributed by atoms with van der Waals surface area (Å²) in [5.41, 5.74) is 1.32. The van der Waals surface area contributed by atoms with Gasteiger partial charge in [0.1, 0.15) is 11.5 Å². The molecule has 1 amide bonds. The van der Waals surface area contributed by atoms with E-state index >= 15 is 0 Å². The monoisotopic (exact) mass is 390 g/mol. The highest BCUT2D eigenvalue weighted by Gasteiger charge is 2.13. The number of furan rings is 1. The van der Waals surface area contributed by atoms with Crippen molar-refractivity contribution in [2.24, 2.45) is 0 Å². The molecule has 0 saturated heterocycles. The number of nitrogens with one attached hydrogen (secondary N) is 1. The van der Waals surface area contributed by atoms with Gasteiger partial charge < -0.3 is 14.5 Å². The number of para-hydroxylation sites is 3. The predicted octanol–water partition coefficient (Wildman–Crippen LogP) is 5.69. The second kappa shape index (κ2) is 8.10. The van der Waals surface area contributed by atoms with Gasteiger partial charge in [0, 0.05) is 5.38 Å². The summed E-state index contributed by atoms with van der Waals surface area (Å²) in [7, 11) is 0. The molecule has 0 radical (unpaired) electrons. The summed E-state index contributed by atoms with van der Waals surface area (Å²) >= 11 is 1.46. The van der Waals surface area contributed by atoms with E-state index in [0.717, 1.165) is 16.5 Å². The molecule has 0 aliphatic rings. The van der Waals surface area contributed by atoms with Gasteiger partial charge in [0.15, 0.2) is 16.5 Å². The number of aryl methyl sites for hydroxylation is 1. The molecule has 2 heterocycles. The zero-order valence-electron chi connectivity index (χ0n) is 15.2. The van der Waals surface area contributed by atoms with Crippen molar-refractivity contribution in [3.8, 4) is 22.3 Å². The van der Waals surface area contributed by atoms with E-state index in [2.05, 4.69) is 10.3 Å². The third-order valence-electron chi connectivity index (χ3n) is 3.98. The van der Waals surface area contributed by atoms with Crippen LogP contribution in [0.3, 0.4) is 0 Å². The van der Waals surface area contributed by atoms with Crippen molar-refractivity contribution in [1.82, 2.24) is 4.98 Å². The zero-order chi connectivity index (χ0) is 19.3. The SMILES string of the molecule is Cc1ccc(-c2nc(CC(=O)Nc3ccccc3Oc3ccccc3)cs2)o1. The van der Waals surface area contributed by atoms with E-state index < -0.39 is 0 Å². The van der Waals surface area contributed by atoms with Crippen LogP contribution in [0.4, 0.5) is 5.69 Å². The van der Waals surface area contributed by atoms with Gasteiger partial charge >= 0.3 is 0 Å². The summed E-state index contributed by atoms with van der Waals surface area (Å²) in [5, 5.41) is 5.55. The average Bonchev–Trinajstić information content (AvgIpc) is 3.33. The molecule has 2 aromatic carbocycles. The van der Waals surface area contributed by atoms with Gasteiger partial charge in [-0.15, -0.1) is 11.3 Å². The van der Waals surface area contributed by atoms with Crippen LogP contribution < -0.4 is 10.1 Å². The molecule has 0 bridgehead atoms. The molecular formula is C22H18N2O3S. The van der Waals surface area contributed by atoms with Crippen LogP contribution in [0, 0.1) is 6.92 Å². The van der Waals surface area contributed by atoms with E-state index in [9.17, 15) is 4.79 Å². The van der Waals surface area contributed by atoms with E-state index in [1.54, 1.807) is 0 Å². The fourth-order valence-corrected chi connectivity index (χ4v) is 3.46. The van der Waals surface area contributed by atoms with Gasteiger partial charge in [-0.05, 0) is 43.3 Å². The van der Waals surface area contributed by atoms with E-state index in [1.165, 1.54) is 11.3 Å². The molecule has 4 rings (SSSR count). The lowest BCUT2D eigenvalue weighted by Gasteiger charge is -2.11. The Morgan fingerprint density at radius 2 is 1.86 bits per heavy atom. The van der Waals surface area contributed by atoms with Crippen LogP contribution in [0.2, 0.25) is 0 Å². The molecule has 2 aromatic heterocycles. The molecule has 0 saturated carbocycles. The van der Waals surface area contributed by atoms with Crippen molar-refractivity contribution >= 4 is 22.9 Å². The second-order valence-corrected chi connectivity index (χ2v) is 7.05. The first kappa shape index (κ1) is 18.0. The molecule has 0 aliphatic carbocycles. The van der Waals surface area contributed by atoms with Gasteiger partial charge in [-0.2, -0.15) is 0 Å². The number of amides is 1. The second-order valence-electron chi connectivity index (χ2n) is 6.19. The number of nitrogens with zero attached hydrogens (tertiary/aromatic N) is 1.